The van der Waals surface area contributed by atoms with E-state index in [9.17, 15) is 9.18 Å². The highest BCUT2D eigenvalue weighted by atomic mass is 19.1. The predicted octanol–water partition coefficient (Wildman–Crippen LogP) is 3.37. The molecule has 0 spiro atoms. The Morgan fingerprint density at radius 2 is 2.10 bits per heavy atom. The molecule has 2 rings (SSSR count). The summed E-state index contributed by atoms with van der Waals surface area (Å²) in [5.74, 6) is -0.316. The fourth-order valence-corrected chi connectivity index (χ4v) is 1.96. The second kappa shape index (κ2) is 6.26. The Morgan fingerprint density at radius 1 is 1.33 bits per heavy atom. The first kappa shape index (κ1) is 14.8. The number of anilines is 2. The van der Waals surface area contributed by atoms with Crippen LogP contribution in [0, 0.1) is 12.7 Å². The minimum atomic E-state index is -0.605. The molecule has 5 heteroatoms. The first-order valence-electron chi connectivity index (χ1n) is 6.61. The van der Waals surface area contributed by atoms with E-state index in [1.165, 1.54) is 18.2 Å². The highest BCUT2D eigenvalue weighted by Gasteiger charge is 2.13. The third-order valence-corrected chi connectivity index (χ3v) is 3.05. The summed E-state index contributed by atoms with van der Waals surface area (Å²) in [6.45, 7) is 4.33. The van der Waals surface area contributed by atoms with Gasteiger partial charge in [-0.3, -0.25) is 4.79 Å². The van der Waals surface area contributed by atoms with Crippen LogP contribution in [0.5, 0.6) is 5.75 Å². The van der Waals surface area contributed by atoms with Crippen LogP contribution in [0.3, 0.4) is 0 Å². The Bertz CT molecular complexity index is 671. The number of halogens is 1. The first-order valence-corrected chi connectivity index (χ1v) is 6.61. The lowest BCUT2D eigenvalue weighted by molar-refractivity contribution is 0.102. The molecule has 4 nitrogen and oxygen atoms in total. The molecule has 110 valence electrons. The number of amides is 1. The number of hydrogen-bond acceptors (Lipinski definition) is 3. The van der Waals surface area contributed by atoms with Crippen LogP contribution >= 0.6 is 0 Å². The summed E-state index contributed by atoms with van der Waals surface area (Å²) in [6.07, 6.45) is 0. The molecule has 0 radical (unpaired) electrons. The molecule has 0 aromatic heterocycles. The molecule has 0 fully saturated rings. The van der Waals surface area contributed by atoms with E-state index < -0.39 is 11.7 Å². The summed E-state index contributed by atoms with van der Waals surface area (Å²) >= 11 is 0. The minimum Gasteiger partial charge on any atom is -0.494 e. The van der Waals surface area contributed by atoms with Crippen molar-refractivity contribution in [2.75, 3.05) is 17.7 Å². The van der Waals surface area contributed by atoms with Crippen LogP contribution < -0.4 is 15.8 Å². The van der Waals surface area contributed by atoms with Gasteiger partial charge in [0.25, 0.3) is 5.91 Å². The summed E-state index contributed by atoms with van der Waals surface area (Å²) in [6, 6.07) is 9.49. The number of ether oxygens (including phenoxy) is 1. The van der Waals surface area contributed by atoms with Gasteiger partial charge in [0.15, 0.2) is 0 Å². The lowest BCUT2D eigenvalue weighted by atomic mass is 10.1. The second-order valence-electron chi connectivity index (χ2n) is 4.56. The minimum absolute atomic E-state index is 0.114. The van der Waals surface area contributed by atoms with E-state index in [1.54, 1.807) is 12.1 Å². The van der Waals surface area contributed by atoms with Crippen molar-refractivity contribution in [2.45, 2.75) is 13.8 Å². The highest BCUT2D eigenvalue weighted by Crippen LogP contribution is 2.23. The zero-order chi connectivity index (χ0) is 15.4. The van der Waals surface area contributed by atoms with Crippen LogP contribution in [0.25, 0.3) is 0 Å². The Labute approximate surface area is 122 Å². The van der Waals surface area contributed by atoms with Crippen LogP contribution in [0.2, 0.25) is 0 Å². The quantitative estimate of drug-likeness (QED) is 0.848. The van der Waals surface area contributed by atoms with Gasteiger partial charge in [0, 0.05) is 5.69 Å². The molecule has 21 heavy (non-hydrogen) atoms. The van der Waals surface area contributed by atoms with Gasteiger partial charge in [-0.2, -0.15) is 0 Å². The number of benzene rings is 2. The smallest absolute Gasteiger partial charge is 0.257 e. The van der Waals surface area contributed by atoms with Gasteiger partial charge in [0.05, 0.1) is 17.9 Å². The number of carbonyl (C=O) groups is 1. The summed E-state index contributed by atoms with van der Waals surface area (Å²) in [7, 11) is 0. The molecule has 0 saturated carbocycles. The van der Waals surface area contributed by atoms with Crippen LogP contribution in [-0.2, 0) is 0 Å². The van der Waals surface area contributed by atoms with Crippen molar-refractivity contribution in [3.8, 4) is 5.75 Å². The average Bonchev–Trinajstić information content (AvgIpc) is 2.45. The molecule has 1 amide bonds. The fourth-order valence-electron chi connectivity index (χ4n) is 1.96. The van der Waals surface area contributed by atoms with Crippen LogP contribution in [0.1, 0.15) is 22.8 Å². The lowest BCUT2D eigenvalue weighted by Gasteiger charge is -2.12. The summed E-state index contributed by atoms with van der Waals surface area (Å²) in [5.41, 5.74) is 7.03. The number of rotatable bonds is 4. The van der Waals surface area contributed by atoms with Gasteiger partial charge in [0.1, 0.15) is 11.6 Å². The number of para-hydroxylation sites is 1. The lowest BCUT2D eigenvalue weighted by Crippen LogP contribution is -2.15. The normalized spacial score (nSPS) is 10.2. The zero-order valence-corrected chi connectivity index (χ0v) is 11.9. The highest BCUT2D eigenvalue weighted by molar-refractivity contribution is 6.08. The van der Waals surface area contributed by atoms with Gasteiger partial charge in [-0.25, -0.2) is 4.39 Å². The third-order valence-electron chi connectivity index (χ3n) is 3.05. The zero-order valence-electron chi connectivity index (χ0n) is 11.9. The Hall–Kier alpha value is -2.56. The van der Waals surface area contributed by atoms with Crippen molar-refractivity contribution in [3.63, 3.8) is 0 Å². The Balaban J connectivity index is 2.22. The van der Waals surface area contributed by atoms with Crippen LogP contribution in [0.15, 0.2) is 36.4 Å². The molecule has 3 N–H and O–H groups in total. The third kappa shape index (κ3) is 3.31. The number of nitrogens with one attached hydrogen (secondary N) is 1. The Morgan fingerprint density at radius 3 is 2.76 bits per heavy atom. The van der Waals surface area contributed by atoms with Crippen molar-refractivity contribution in [3.05, 3.63) is 53.3 Å². The summed E-state index contributed by atoms with van der Waals surface area (Å²) in [5, 5.41) is 2.72. The number of carbonyl (C=O) groups excluding carboxylic acids is 1. The molecule has 2 aromatic rings. The molecule has 0 aliphatic carbocycles. The number of nitrogens with two attached hydrogens (primary N) is 1. The van der Waals surface area contributed by atoms with E-state index in [0.29, 0.717) is 12.3 Å². The maximum atomic E-state index is 13.4. The van der Waals surface area contributed by atoms with Gasteiger partial charge < -0.3 is 15.8 Å². The average molecular weight is 288 g/mol. The molecule has 0 heterocycles. The van der Waals surface area contributed by atoms with E-state index in [1.807, 2.05) is 19.9 Å². The summed E-state index contributed by atoms with van der Waals surface area (Å²) < 4.78 is 18.8. The fraction of sp³-hybridized carbons (Fsp3) is 0.188. The molecule has 0 aliphatic rings. The van der Waals surface area contributed by atoms with Gasteiger partial charge in [0.2, 0.25) is 0 Å². The summed E-state index contributed by atoms with van der Waals surface area (Å²) in [4.78, 5) is 12.2. The van der Waals surface area contributed by atoms with Crippen LogP contribution in [-0.4, -0.2) is 12.5 Å². The van der Waals surface area contributed by atoms with E-state index in [2.05, 4.69) is 5.32 Å². The second-order valence-corrected chi connectivity index (χ2v) is 4.56. The largest absolute Gasteiger partial charge is 0.494 e. The molecule has 0 unspecified atom stereocenters. The van der Waals surface area contributed by atoms with E-state index >= 15 is 0 Å². The predicted molar refractivity (Wildman–Crippen MR) is 81.1 cm³/mol. The van der Waals surface area contributed by atoms with E-state index in [-0.39, 0.29) is 11.3 Å². The van der Waals surface area contributed by atoms with Crippen molar-refractivity contribution in [1.82, 2.24) is 0 Å². The van der Waals surface area contributed by atoms with Gasteiger partial charge >= 0.3 is 0 Å². The molecule has 0 aliphatic heterocycles. The molecule has 2 aromatic carbocycles. The molecule has 0 saturated heterocycles. The number of nitrogen functional groups attached to an aromatic ring is 1. The topological polar surface area (TPSA) is 64.3 Å². The van der Waals surface area contributed by atoms with Gasteiger partial charge in [-0.1, -0.05) is 6.07 Å². The van der Waals surface area contributed by atoms with Crippen molar-refractivity contribution in [1.29, 1.82) is 0 Å². The van der Waals surface area contributed by atoms with Crippen molar-refractivity contribution < 1.29 is 13.9 Å². The van der Waals surface area contributed by atoms with Crippen LogP contribution in [0.4, 0.5) is 15.8 Å². The SMILES string of the molecule is CCOc1ccc(NC(=O)c2cccc(F)c2N)c(C)c1. The van der Waals surface area contributed by atoms with E-state index in [4.69, 9.17) is 10.5 Å². The van der Waals surface area contributed by atoms with E-state index in [0.717, 1.165) is 11.3 Å². The standard InChI is InChI=1S/C16H17FN2O2/c1-3-21-11-7-8-14(10(2)9-11)19-16(20)12-5-4-6-13(17)15(12)18/h4-9H,3,18H2,1-2H3,(H,19,20). The number of hydrogen-bond donors (Lipinski definition) is 2. The van der Waals surface area contributed by atoms with Gasteiger partial charge in [-0.05, 0) is 49.7 Å². The molecule has 0 atom stereocenters. The maximum absolute atomic E-state index is 13.4. The monoisotopic (exact) mass is 288 g/mol. The maximum Gasteiger partial charge on any atom is 0.257 e. The molecular weight excluding hydrogens is 271 g/mol. The van der Waals surface area contributed by atoms with Gasteiger partial charge in [-0.15, -0.1) is 0 Å². The number of aryl methyl sites for hydroxylation is 1. The van der Waals surface area contributed by atoms with Crippen molar-refractivity contribution >= 4 is 17.3 Å². The first-order chi connectivity index (χ1) is 10.0. The molecular formula is C16H17FN2O2. The molecule has 0 bridgehead atoms. The Kier molecular flexibility index (Phi) is 4.42. The van der Waals surface area contributed by atoms with Crippen molar-refractivity contribution in [2.24, 2.45) is 0 Å².